The molecule has 11 heteroatoms. The maximum atomic E-state index is 12.7. The molecule has 23 heavy (non-hydrogen) atoms. The van der Waals surface area contributed by atoms with Crippen LogP contribution in [0, 0.1) is 0 Å². The molecule has 0 bridgehead atoms. The lowest BCUT2D eigenvalue weighted by Gasteiger charge is -2.11. The summed E-state index contributed by atoms with van der Waals surface area (Å²) >= 11 is 0. The molecule has 0 saturated carbocycles. The van der Waals surface area contributed by atoms with E-state index in [1.54, 1.807) is 0 Å². The summed E-state index contributed by atoms with van der Waals surface area (Å²) in [4.78, 5) is 18.5. The van der Waals surface area contributed by atoms with Crippen LogP contribution in [0.15, 0.2) is 35.6 Å². The van der Waals surface area contributed by atoms with Crippen molar-refractivity contribution in [3.05, 3.63) is 41.7 Å². The lowest BCUT2D eigenvalue weighted by atomic mass is 10.0. The Kier molecular flexibility index (Phi) is 4.09. The van der Waals surface area contributed by atoms with Gasteiger partial charge in [0.15, 0.2) is 5.03 Å². The minimum absolute atomic E-state index is 0.0338. The van der Waals surface area contributed by atoms with Crippen LogP contribution >= 0.6 is 0 Å². The molecule has 2 aromatic heterocycles. The molecule has 0 aliphatic carbocycles. The number of pyridine rings is 2. The maximum Gasteiger partial charge on any atom is 0.417 e. The van der Waals surface area contributed by atoms with E-state index in [1.165, 1.54) is 6.07 Å². The molecule has 0 unspecified atom stereocenters. The quantitative estimate of drug-likeness (QED) is 0.853. The highest BCUT2D eigenvalue weighted by Crippen LogP contribution is 2.32. The van der Waals surface area contributed by atoms with Crippen molar-refractivity contribution in [2.75, 3.05) is 0 Å². The predicted molar refractivity (Wildman–Crippen MR) is 72.4 cm³/mol. The lowest BCUT2D eigenvalue weighted by Crippen LogP contribution is -2.17. The summed E-state index contributed by atoms with van der Waals surface area (Å²) in [6, 6.07) is 2.79. The van der Waals surface area contributed by atoms with Gasteiger partial charge in [0, 0.05) is 18.0 Å². The molecular weight excluding hydrogens is 337 g/mol. The Morgan fingerprint density at radius 2 is 1.83 bits per heavy atom. The van der Waals surface area contributed by atoms with Gasteiger partial charge in [-0.1, -0.05) is 0 Å². The molecule has 4 N–H and O–H groups in total. The van der Waals surface area contributed by atoms with E-state index in [0.717, 1.165) is 12.3 Å². The normalized spacial score (nSPS) is 12.2. The third-order valence-electron chi connectivity index (χ3n) is 2.78. The standard InChI is InChI=1S/C12H9F3N4O3S/c13-12(14,15)7-4-8(11(16)20)10(19-5-7)6-1-2-18-9(3-6)23(17,21)22/h1-5H,(H2,16,20)(H2,17,21,22). The Balaban J connectivity index is 2.67. The summed E-state index contributed by atoms with van der Waals surface area (Å²) in [7, 11) is -4.13. The molecule has 0 aromatic carbocycles. The second-order valence-electron chi connectivity index (χ2n) is 4.41. The zero-order chi connectivity index (χ0) is 17.4. The van der Waals surface area contributed by atoms with E-state index in [9.17, 15) is 26.4 Å². The minimum Gasteiger partial charge on any atom is -0.366 e. The van der Waals surface area contributed by atoms with Gasteiger partial charge in [-0.25, -0.2) is 18.5 Å². The molecule has 0 fully saturated rings. The van der Waals surface area contributed by atoms with Crippen LogP contribution in [0.4, 0.5) is 13.2 Å². The molecule has 2 aromatic rings. The highest BCUT2D eigenvalue weighted by Gasteiger charge is 2.32. The monoisotopic (exact) mass is 346 g/mol. The third kappa shape index (κ3) is 3.63. The van der Waals surface area contributed by atoms with E-state index in [1.807, 2.05) is 0 Å². The molecule has 2 heterocycles. The van der Waals surface area contributed by atoms with Crippen molar-refractivity contribution >= 4 is 15.9 Å². The van der Waals surface area contributed by atoms with Crippen LogP contribution in [0.5, 0.6) is 0 Å². The largest absolute Gasteiger partial charge is 0.417 e. The first kappa shape index (κ1) is 16.8. The number of carbonyl (C=O) groups is 1. The average molecular weight is 346 g/mol. The van der Waals surface area contributed by atoms with Crippen molar-refractivity contribution in [2.24, 2.45) is 10.9 Å². The molecule has 0 atom stereocenters. The predicted octanol–water partition coefficient (Wildman–Crippen LogP) is 0.909. The first-order valence-corrected chi connectivity index (χ1v) is 7.41. The SMILES string of the molecule is NC(=O)c1cc(C(F)(F)F)cnc1-c1ccnc(S(N)(=O)=O)c1. The molecule has 7 nitrogen and oxygen atoms in total. The van der Waals surface area contributed by atoms with Crippen LogP contribution in [-0.2, 0) is 16.2 Å². The molecule has 1 amide bonds. The van der Waals surface area contributed by atoms with E-state index < -0.39 is 38.3 Å². The van der Waals surface area contributed by atoms with Gasteiger partial charge in [0.1, 0.15) is 0 Å². The number of primary amides is 1. The summed E-state index contributed by atoms with van der Waals surface area (Å²) in [5, 5.41) is 4.41. The molecule has 0 spiro atoms. The van der Waals surface area contributed by atoms with E-state index >= 15 is 0 Å². The fourth-order valence-electron chi connectivity index (χ4n) is 1.75. The smallest absolute Gasteiger partial charge is 0.366 e. The Morgan fingerprint density at radius 1 is 1.17 bits per heavy atom. The second kappa shape index (κ2) is 5.59. The van der Waals surface area contributed by atoms with Gasteiger partial charge in [0.2, 0.25) is 0 Å². The van der Waals surface area contributed by atoms with Crippen molar-refractivity contribution in [1.29, 1.82) is 0 Å². The summed E-state index contributed by atoms with van der Waals surface area (Å²) in [6.07, 6.45) is -3.13. The number of hydrogen-bond acceptors (Lipinski definition) is 5. The fourth-order valence-corrected chi connectivity index (χ4v) is 2.25. The number of amides is 1. The van der Waals surface area contributed by atoms with Gasteiger partial charge in [-0.2, -0.15) is 13.2 Å². The number of rotatable bonds is 3. The maximum absolute atomic E-state index is 12.7. The summed E-state index contributed by atoms with van der Waals surface area (Å²) < 4.78 is 60.6. The number of hydrogen-bond donors (Lipinski definition) is 2. The number of alkyl halides is 3. The average Bonchev–Trinajstić information content (AvgIpc) is 2.45. The highest BCUT2D eigenvalue weighted by molar-refractivity contribution is 7.89. The van der Waals surface area contributed by atoms with Crippen molar-refractivity contribution < 1.29 is 26.4 Å². The zero-order valence-electron chi connectivity index (χ0n) is 11.2. The third-order valence-corrected chi connectivity index (χ3v) is 3.59. The molecule has 0 aliphatic heterocycles. The summed E-state index contributed by atoms with van der Waals surface area (Å²) in [5.74, 6) is -1.15. The van der Waals surface area contributed by atoms with Gasteiger partial charge < -0.3 is 5.73 Å². The number of primary sulfonamides is 1. The Labute approximate surface area is 128 Å². The molecule has 0 aliphatic rings. The van der Waals surface area contributed by atoms with Gasteiger partial charge in [0.25, 0.3) is 15.9 Å². The fraction of sp³-hybridized carbons (Fsp3) is 0.0833. The number of sulfonamides is 1. The van der Waals surface area contributed by atoms with Crippen LogP contribution in [0.3, 0.4) is 0 Å². The Morgan fingerprint density at radius 3 is 2.35 bits per heavy atom. The van der Waals surface area contributed by atoms with Crippen molar-refractivity contribution in [1.82, 2.24) is 9.97 Å². The first-order chi connectivity index (χ1) is 10.5. The van der Waals surface area contributed by atoms with Gasteiger partial charge in [0.05, 0.1) is 16.8 Å². The van der Waals surface area contributed by atoms with Crippen LogP contribution in [0.25, 0.3) is 11.3 Å². The molecule has 0 saturated heterocycles. The van der Waals surface area contributed by atoms with Gasteiger partial charge in [-0.05, 0) is 18.2 Å². The number of halogens is 3. The van der Waals surface area contributed by atoms with Crippen LogP contribution in [0.2, 0.25) is 0 Å². The highest BCUT2D eigenvalue weighted by atomic mass is 32.2. The van der Waals surface area contributed by atoms with Gasteiger partial charge >= 0.3 is 6.18 Å². The Hall–Kier alpha value is -2.53. The minimum atomic E-state index is -4.71. The van der Waals surface area contributed by atoms with Crippen molar-refractivity contribution in [2.45, 2.75) is 11.2 Å². The van der Waals surface area contributed by atoms with Crippen LogP contribution < -0.4 is 10.9 Å². The summed E-state index contributed by atoms with van der Waals surface area (Å²) in [6.45, 7) is 0. The number of nitrogens with two attached hydrogens (primary N) is 2. The number of nitrogens with zero attached hydrogens (tertiary/aromatic N) is 2. The van der Waals surface area contributed by atoms with Gasteiger partial charge in [-0.3, -0.25) is 9.78 Å². The molecule has 2 rings (SSSR count). The van der Waals surface area contributed by atoms with Crippen molar-refractivity contribution in [3.63, 3.8) is 0 Å². The molecular formula is C12H9F3N4O3S. The Bertz CT molecular complexity index is 881. The van der Waals surface area contributed by atoms with Crippen LogP contribution in [0.1, 0.15) is 15.9 Å². The number of carbonyl (C=O) groups excluding carboxylic acids is 1. The van der Waals surface area contributed by atoms with Gasteiger partial charge in [-0.15, -0.1) is 0 Å². The number of aromatic nitrogens is 2. The summed E-state index contributed by atoms with van der Waals surface area (Å²) in [5.41, 5.74) is 3.24. The lowest BCUT2D eigenvalue weighted by molar-refractivity contribution is -0.137. The van der Waals surface area contributed by atoms with Crippen LogP contribution in [-0.4, -0.2) is 24.3 Å². The van der Waals surface area contributed by atoms with E-state index in [0.29, 0.717) is 12.3 Å². The molecule has 0 radical (unpaired) electrons. The van der Waals surface area contributed by atoms with Crippen molar-refractivity contribution in [3.8, 4) is 11.3 Å². The first-order valence-electron chi connectivity index (χ1n) is 5.86. The topological polar surface area (TPSA) is 129 Å². The zero-order valence-corrected chi connectivity index (χ0v) is 12.0. The van der Waals surface area contributed by atoms with E-state index in [-0.39, 0.29) is 11.3 Å². The second-order valence-corrected chi connectivity index (χ2v) is 5.92. The van der Waals surface area contributed by atoms with E-state index in [2.05, 4.69) is 9.97 Å². The molecule has 122 valence electrons. The van der Waals surface area contributed by atoms with E-state index in [4.69, 9.17) is 10.9 Å².